The SMILES string of the molecule is C=CC(=O)OCC(COC(=O)C=C)OC(=O)CCCC[Si](OC)(OC)OC. The molecule has 0 saturated carbocycles. The van der Waals surface area contributed by atoms with Gasteiger partial charge in [-0.3, -0.25) is 4.79 Å². The van der Waals surface area contributed by atoms with Gasteiger partial charge in [0, 0.05) is 45.9 Å². The number of hydrogen-bond donors (Lipinski definition) is 0. The van der Waals surface area contributed by atoms with E-state index in [2.05, 4.69) is 13.2 Å². The predicted molar refractivity (Wildman–Crippen MR) is 97.6 cm³/mol. The molecule has 0 rings (SSSR count). The van der Waals surface area contributed by atoms with Gasteiger partial charge in [-0.1, -0.05) is 13.2 Å². The Kier molecular flexibility index (Phi) is 13.0. The number of esters is 3. The van der Waals surface area contributed by atoms with Crippen LogP contribution < -0.4 is 0 Å². The van der Waals surface area contributed by atoms with Crippen molar-refractivity contribution < 1.29 is 41.9 Å². The topological polar surface area (TPSA) is 107 Å². The lowest BCUT2D eigenvalue weighted by molar-refractivity contribution is -0.164. The summed E-state index contributed by atoms with van der Waals surface area (Å²) in [6.07, 6.45) is 2.32. The van der Waals surface area contributed by atoms with E-state index in [1.807, 2.05) is 0 Å². The van der Waals surface area contributed by atoms with E-state index in [0.717, 1.165) is 12.2 Å². The highest BCUT2D eigenvalue weighted by molar-refractivity contribution is 6.60. The lowest BCUT2D eigenvalue weighted by Gasteiger charge is -2.24. The minimum absolute atomic E-state index is 0.128. The molecule has 0 atom stereocenters. The van der Waals surface area contributed by atoms with Gasteiger partial charge in [-0.25, -0.2) is 9.59 Å². The van der Waals surface area contributed by atoms with Crippen molar-refractivity contribution in [3.63, 3.8) is 0 Å². The van der Waals surface area contributed by atoms with E-state index < -0.39 is 32.8 Å². The average Bonchev–Trinajstić information content (AvgIpc) is 2.69. The van der Waals surface area contributed by atoms with E-state index in [1.54, 1.807) is 0 Å². The molecule has 10 heteroatoms. The first-order valence-electron chi connectivity index (χ1n) is 8.29. The molecule has 0 aliphatic carbocycles. The molecule has 0 N–H and O–H groups in total. The highest BCUT2D eigenvalue weighted by Crippen LogP contribution is 2.17. The molecule has 0 unspecified atom stereocenters. The van der Waals surface area contributed by atoms with Crippen LogP contribution in [0, 0.1) is 0 Å². The monoisotopic (exact) mass is 404 g/mol. The summed E-state index contributed by atoms with van der Waals surface area (Å²) in [6, 6.07) is 0.557. The van der Waals surface area contributed by atoms with Crippen molar-refractivity contribution in [2.24, 2.45) is 0 Å². The smallest absolute Gasteiger partial charge is 0.458 e. The Hall–Kier alpha value is -2.01. The molecule has 0 saturated heterocycles. The number of hydrogen-bond acceptors (Lipinski definition) is 9. The van der Waals surface area contributed by atoms with Crippen molar-refractivity contribution in [2.75, 3.05) is 34.5 Å². The van der Waals surface area contributed by atoms with Crippen LogP contribution in [0.5, 0.6) is 0 Å². The first-order valence-corrected chi connectivity index (χ1v) is 10.2. The molecule has 9 nitrogen and oxygen atoms in total. The van der Waals surface area contributed by atoms with Gasteiger partial charge in [0.1, 0.15) is 13.2 Å². The standard InChI is InChI=1S/C17H28O9Si/c1-6-15(18)24-12-14(13-25-16(19)7-2)26-17(20)10-8-9-11-27(21-3,22-4)23-5/h6-7,14H,1-2,8-13H2,3-5H3. The van der Waals surface area contributed by atoms with E-state index in [0.29, 0.717) is 18.9 Å². The maximum Gasteiger partial charge on any atom is 0.500 e. The molecule has 0 aliphatic rings. The van der Waals surface area contributed by atoms with E-state index >= 15 is 0 Å². The molecule has 0 bridgehead atoms. The summed E-state index contributed by atoms with van der Waals surface area (Å²) < 4.78 is 30.8. The van der Waals surface area contributed by atoms with Crippen LogP contribution in [0.25, 0.3) is 0 Å². The zero-order chi connectivity index (χ0) is 20.7. The van der Waals surface area contributed by atoms with Crippen LogP contribution in [-0.2, 0) is 41.9 Å². The van der Waals surface area contributed by atoms with E-state index in [9.17, 15) is 14.4 Å². The average molecular weight is 404 g/mol. The van der Waals surface area contributed by atoms with Crippen LogP contribution in [-0.4, -0.2) is 67.4 Å². The summed E-state index contributed by atoms with van der Waals surface area (Å²) in [6.45, 7) is 6.03. The van der Waals surface area contributed by atoms with Gasteiger partial charge in [-0.2, -0.15) is 0 Å². The van der Waals surface area contributed by atoms with E-state index in [-0.39, 0.29) is 19.6 Å². The molecule has 0 aromatic heterocycles. The van der Waals surface area contributed by atoms with E-state index in [4.69, 9.17) is 27.5 Å². The third-order valence-electron chi connectivity index (χ3n) is 3.50. The first kappa shape index (κ1) is 25.0. The minimum Gasteiger partial charge on any atom is -0.458 e. The fourth-order valence-corrected chi connectivity index (χ4v) is 3.79. The Labute approximate surface area is 160 Å². The summed E-state index contributed by atoms with van der Waals surface area (Å²) >= 11 is 0. The number of unbranched alkanes of at least 4 members (excludes halogenated alkanes) is 1. The van der Waals surface area contributed by atoms with Gasteiger partial charge in [0.25, 0.3) is 0 Å². The van der Waals surface area contributed by atoms with Gasteiger partial charge in [-0.15, -0.1) is 0 Å². The van der Waals surface area contributed by atoms with Crippen molar-refractivity contribution in [3.05, 3.63) is 25.3 Å². The van der Waals surface area contributed by atoms with Crippen molar-refractivity contribution in [2.45, 2.75) is 31.4 Å². The van der Waals surface area contributed by atoms with Crippen LogP contribution in [0.3, 0.4) is 0 Å². The fraction of sp³-hybridized carbons (Fsp3) is 0.588. The van der Waals surface area contributed by atoms with Crippen LogP contribution in [0.2, 0.25) is 6.04 Å². The van der Waals surface area contributed by atoms with E-state index in [1.165, 1.54) is 21.3 Å². The molecular formula is C17H28O9Si. The molecule has 0 aromatic carbocycles. The van der Waals surface area contributed by atoms with Crippen molar-refractivity contribution in [1.82, 2.24) is 0 Å². The Morgan fingerprint density at radius 3 is 1.78 bits per heavy atom. The molecular weight excluding hydrogens is 376 g/mol. The van der Waals surface area contributed by atoms with Gasteiger partial charge in [0.2, 0.25) is 0 Å². The first-order chi connectivity index (χ1) is 12.9. The summed E-state index contributed by atoms with van der Waals surface area (Å²) in [5.74, 6) is -1.86. The van der Waals surface area contributed by atoms with Crippen molar-refractivity contribution >= 4 is 26.7 Å². The van der Waals surface area contributed by atoms with Crippen molar-refractivity contribution in [3.8, 4) is 0 Å². The summed E-state index contributed by atoms with van der Waals surface area (Å²) in [7, 11) is 1.90. The highest BCUT2D eigenvalue weighted by Gasteiger charge is 2.36. The second-order valence-corrected chi connectivity index (χ2v) is 8.37. The third-order valence-corrected chi connectivity index (χ3v) is 6.33. The zero-order valence-corrected chi connectivity index (χ0v) is 17.1. The Balaban J connectivity index is 4.43. The molecule has 0 aliphatic heterocycles. The quantitative estimate of drug-likeness (QED) is 0.132. The minimum atomic E-state index is -2.67. The second-order valence-electron chi connectivity index (χ2n) is 5.28. The van der Waals surface area contributed by atoms with Crippen LogP contribution in [0.4, 0.5) is 0 Å². The lowest BCUT2D eigenvalue weighted by Crippen LogP contribution is -2.42. The molecule has 27 heavy (non-hydrogen) atoms. The predicted octanol–water partition coefficient (Wildman–Crippen LogP) is 1.40. The van der Waals surface area contributed by atoms with Gasteiger partial charge in [0.05, 0.1) is 0 Å². The lowest BCUT2D eigenvalue weighted by atomic mass is 10.2. The molecule has 0 heterocycles. The van der Waals surface area contributed by atoms with Crippen LogP contribution in [0.1, 0.15) is 19.3 Å². The molecule has 0 spiro atoms. The Bertz CT molecular complexity index is 470. The number of rotatable bonds is 15. The summed E-state index contributed by atoms with van der Waals surface area (Å²) in [5.41, 5.74) is 0. The largest absolute Gasteiger partial charge is 0.500 e. The highest BCUT2D eigenvalue weighted by atomic mass is 28.4. The van der Waals surface area contributed by atoms with Gasteiger partial charge < -0.3 is 27.5 Å². The molecule has 0 aromatic rings. The zero-order valence-electron chi connectivity index (χ0n) is 16.1. The second kappa shape index (κ2) is 14.1. The van der Waals surface area contributed by atoms with Gasteiger partial charge in [0.15, 0.2) is 6.10 Å². The Morgan fingerprint density at radius 2 is 1.37 bits per heavy atom. The summed E-state index contributed by atoms with van der Waals surface area (Å²) in [4.78, 5) is 34.3. The maximum absolute atomic E-state index is 12.0. The number of carbonyl (C=O) groups is 3. The Morgan fingerprint density at radius 1 is 0.889 bits per heavy atom. The van der Waals surface area contributed by atoms with Gasteiger partial charge >= 0.3 is 26.7 Å². The van der Waals surface area contributed by atoms with Crippen LogP contribution in [0.15, 0.2) is 25.3 Å². The molecule has 0 fully saturated rings. The number of carbonyl (C=O) groups excluding carboxylic acids is 3. The fourth-order valence-electron chi connectivity index (χ4n) is 2.00. The number of ether oxygens (including phenoxy) is 3. The molecule has 0 radical (unpaired) electrons. The molecule has 154 valence electrons. The van der Waals surface area contributed by atoms with Crippen molar-refractivity contribution in [1.29, 1.82) is 0 Å². The third kappa shape index (κ3) is 10.7. The van der Waals surface area contributed by atoms with Crippen LogP contribution >= 0.6 is 0 Å². The normalized spacial score (nSPS) is 11.0. The molecule has 0 amide bonds. The maximum atomic E-state index is 12.0. The summed E-state index contributed by atoms with van der Waals surface area (Å²) in [5, 5.41) is 0. The van der Waals surface area contributed by atoms with Gasteiger partial charge in [-0.05, 0) is 12.8 Å².